The van der Waals surface area contributed by atoms with Crippen molar-refractivity contribution < 1.29 is 4.21 Å². The second-order valence-electron chi connectivity index (χ2n) is 1.65. The minimum absolute atomic E-state index is 0.362. The standard InChI is InChI=1S/C4H2N4OS/c9-10-3-1-2-5-6-4(3)7-8-10/h1-2H. The lowest BCUT2D eigenvalue weighted by Crippen LogP contribution is -1.84. The highest BCUT2D eigenvalue weighted by Crippen LogP contribution is 2.25. The topological polar surface area (TPSA) is 67.6 Å². The number of hydrogen-bond acceptors (Lipinski definition) is 4. The van der Waals surface area contributed by atoms with Crippen molar-refractivity contribution in [1.82, 2.24) is 10.2 Å². The van der Waals surface area contributed by atoms with Gasteiger partial charge in [-0.15, -0.1) is 10.2 Å². The molecule has 5 nitrogen and oxygen atoms in total. The van der Waals surface area contributed by atoms with E-state index < -0.39 is 11.0 Å². The predicted molar refractivity (Wildman–Crippen MR) is 33.0 cm³/mol. The minimum atomic E-state index is -1.34. The molecule has 6 heteroatoms. The summed E-state index contributed by atoms with van der Waals surface area (Å²) in [7, 11) is -1.34. The van der Waals surface area contributed by atoms with E-state index in [1.54, 1.807) is 6.07 Å². The molecule has 1 atom stereocenters. The lowest BCUT2D eigenvalue weighted by Gasteiger charge is -1.86. The van der Waals surface area contributed by atoms with Gasteiger partial charge in [0.1, 0.15) is 4.90 Å². The van der Waals surface area contributed by atoms with Crippen LogP contribution in [-0.2, 0) is 11.0 Å². The highest BCUT2D eigenvalue weighted by atomic mass is 32.2. The van der Waals surface area contributed by atoms with Gasteiger partial charge in [-0.05, 0) is 6.07 Å². The molecular formula is C4H2N4OS. The predicted octanol–water partition coefficient (Wildman–Crippen LogP) is 0.596. The zero-order valence-corrected chi connectivity index (χ0v) is 5.58. The third-order valence-corrected chi connectivity index (χ3v) is 1.99. The van der Waals surface area contributed by atoms with Gasteiger partial charge in [-0.2, -0.15) is 5.10 Å². The van der Waals surface area contributed by atoms with Gasteiger partial charge in [0.05, 0.1) is 6.20 Å². The van der Waals surface area contributed by atoms with Crippen LogP contribution in [0.3, 0.4) is 0 Å². The number of nitrogens with zero attached hydrogens (tertiary/aromatic N) is 4. The zero-order valence-electron chi connectivity index (χ0n) is 4.76. The average molecular weight is 154 g/mol. The Morgan fingerprint density at radius 2 is 2.40 bits per heavy atom. The second-order valence-corrected chi connectivity index (χ2v) is 2.75. The Labute approximate surface area is 58.8 Å². The maximum Gasteiger partial charge on any atom is 0.215 e. The molecule has 0 radical (unpaired) electrons. The van der Waals surface area contributed by atoms with Crippen molar-refractivity contribution in [3.8, 4) is 0 Å². The van der Waals surface area contributed by atoms with Gasteiger partial charge in [0, 0.05) is 0 Å². The van der Waals surface area contributed by atoms with Crippen LogP contribution < -0.4 is 0 Å². The van der Waals surface area contributed by atoms with Crippen molar-refractivity contribution >= 4 is 16.8 Å². The molecule has 1 aromatic rings. The van der Waals surface area contributed by atoms with Gasteiger partial charge in [-0.25, -0.2) is 4.21 Å². The monoisotopic (exact) mass is 154 g/mol. The first-order valence-electron chi connectivity index (χ1n) is 2.53. The van der Waals surface area contributed by atoms with E-state index in [4.69, 9.17) is 0 Å². The molecule has 50 valence electrons. The van der Waals surface area contributed by atoms with E-state index in [1.165, 1.54) is 6.20 Å². The van der Waals surface area contributed by atoms with Gasteiger partial charge in [-0.1, -0.05) is 4.52 Å². The lowest BCUT2D eigenvalue weighted by atomic mass is 10.5. The third kappa shape index (κ3) is 0.655. The Balaban J connectivity index is 2.70. The first-order valence-corrected chi connectivity index (χ1v) is 3.64. The molecule has 0 amide bonds. The van der Waals surface area contributed by atoms with E-state index in [2.05, 4.69) is 19.8 Å². The smallest absolute Gasteiger partial charge is 0.215 e. The summed E-state index contributed by atoms with van der Waals surface area (Å²) in [5, 5.41) is 10.7. The van der Waals surface area contributed by atoms with E-state index in [-0.39, 0.29) is 0 Å². The molecule has 2 rings (SSSR count). The van der Waals surface area contributed by atoms with E-state index >= 15 is 0 Å². The van der Waals surface area contributed by atoms with Crippen molar-refractivity contribution in [2.24, 2.45) is 9.63 Å². The van der Waals surface area contributed by atoms with Gasteiger partial charge < -0.3 is 0 Å². The number of rotatable bonds is 0. The summed E-state index contributed by atoms with van der Waals surface area (Å²) in [6.07, 6.45) is 1.47. The van der Waals surface area contributed by atoms with Crippen molar-refractivity contribution in [3.05, 3.63) is 12.3 Å². The van der Waals surface area contributed by atoms with E-state index in [9.17, 15) is 4.21 Å². The molecule has 1 aliphatic heterocycles. The van der Waals surface area contributed by atoms with E-state index in [0.29, 0.717) is 10.7 Å². The fourth-order valence-corrected chi connectivity index (χ4v) is 1.29. The first-order chi connectivity index (χ1) is 4.88. The molecule has 0 aromatic carbocycles. The summed E-state index contributed by atoms with van der Waals surface area (Å²) in [6.45, 7) is 0. The van der Waals surface area contributed by atoms with Crippen molar-refractivity contribution in [2.75, 3.05) is 0 Å². The molecular weight excluding hydrogens is 152 g/mol. The Morgan fingerprint density at radius 3 is 3.20 bits per heavy atom. The average Bonchev–Trinajstić information content (AvgIpc) is 2.34. The van der Waals surface area contributed by atoms with Crippen LogP contribution in [0.1, 0.15) is 0 Å². The first kappa shape index (κ1) is 5.60. The Kier molecular flexibility index (Phi) is 1.07. The highest BCUT2D eigenvalue weighted by Gasteiger charge is 2.16. The summed E-state index contributed by atoms with van der Waals surface area (Å²) in [5.74, 6) is 0.362. The Morgan fingerprint density at radius 1 is 1.50 bits per heavy atom. The molecule has 0 saturated carbocycles. The van der Waals surface area contributed by atoms with Crippen LogP contribution in [0.25, 0.3) is 0 Å². The number of aromatic nitrogens is 2. The second kappa shape index (κ2) is 1.91. The minimum Gasteiger partial charge on any atom is -0.228 e. The SMILES string of the molecule is O=S1N=Nc2nnccc21. The van der Waals surface area contributed by atoms with Crippen LogP contribution in [0.15, 0.2) is 26.8 Å². The fourth-order valence-electron chi connectivity index (χ4n) is 0.638. The van der Waals surface area contributed by atoms with E-state index in [1.807, 2.05) is 0 Å². The molecule has 1 aromatic heterocycles. The quantitative estimate of drug-likeness (QED) is 0.549. The third-order valence-electron chi connectivity index (χ3n) is 1.06. The van der Waals surface area contributed by atoms with Crippen LogP contribution >= 0.6 is 0 Å². The summed E-state index contributed by atoms with van der Waals surface area (Å²) in [4.78, 5) is 0.537. The molecule has 0 bridgehead atoms. The molecule has 0 aliphatic carbocycles. The van der Waals surface area contributed by atoms with Gasteiger partial charge in [0.15, 0.2) is 11.0 Å². The van der Waals surface area contributed by atoms with Crippen molar-refractivity contribution in [3.63, 3.8) is 0 Å². The molecule has 0 N–H and O–H groups in total. The summed E-state index contributed by atoms with van der Waals surface area (Å²) < 4.78 is 14.2. The largest absolute Gasteiger partial charge is 0.228 e. The molecule has 0 saturated heterocycles. The van der Waals surface area contributed by atoms with Crippen LogP contribution in [0, 0.1) is 0 Å². The van der Waals surface area contributed by atoms with Gasteiger partial charge >= 0.3 is 0 Å². The number of hydrogen-bond donors (Lipinski definition) is 0. The molecule has 1 aliphatic rings. The summed E-state index contributed by atoms with van der Waals surface area (Å²) >= 11 is 0. The van der Waals surface area contributed by atoms with Gasteiger partial charge in [0.2, 0.25) is 5.82 Å². The van der Waals surface area contributed by atoms with Crippen LogP contribution in [-0.4, -0.2) is 14.4 Å². The molecule has 0 spiro atoms. The summed E-state index contributed by atoms with van der Waals surface area (Å²) in [6, 6.07) is 1.60. The van der Waals surface area contributed by atoms with Crippen molar-refractivity contribution in [1.29, 1.82) is 0 Å². The summed E-state index contributed by atoms with van der Waals surface area (Å²) in [5.41, 5.74) is 0. The molecule has 1 unspecified atom stereocenters. The highest BCUT2D eigenvalue weighted by molar-refractivity contribution is 7.83. The lowest BCUT2D eigenvalue weighted by molar-refractivity contribution is 0.685. The van der Waals surface area contributed by atoms with Gasteiger partial charge in [0.25, 0.3) is 0 Å². The molecule has 2 heterocycles. The van der Waals surface area contributed by atoms with Crippen molar-refractivity contribution in [2.45, 2.75) is 4.90 Å². The van der Waals surface area contributed by atoms with E-state index in [0.717, 1.165) is 0 Å². The fraction of sp³-hybridized carbons (Fsp3) is 0. The van der Waals surface area contributed by atoms with Crippen LogP contribution in [0.5, 0.6) is 0 Å². The number of fused-ring (bicyclic) bond motifs is 1. The maximum atomic E-state index is 10.8. The van der Waals surface area contributed by atoms with Crippen LogP contribution in [0.4, 0.5) is 5.82 Å². The molecule has 0 fully saturated rings. The zero-order chi connectivity index (χ0) is 6.97. The van der Waals surface area contributed by atoms with Gasteiger partial charge in [-0.3, -0.25) is 0 Å². The molecule has 10 heavy (non-hydrogen) atoms. The normalized spacial score (nSPS) is 21.0. The Hall–Kier alpha value is -1.17. The maximum absolute atomic E-state index is 10.8. The Bertz CT molecular complexity index is 323. The van der Waals surface area contributed by atoms with Crippen LogP contribution in [0.2, 0.25) is 0 Å².